The molecule has 0 unspecified atom stereocenters. The highest BCUT2D eigenvalue weighted by Crippen LogP contribution is 2.10. The van der Waals surface area contributed by atoms with Crippen LogP contribution in [0.25, 0.3) is 0 Å². The summed E-state index contributed by atoms with van der Waals surface area (Å²) in [4.78, 5) is 16.2. The second kappa shape index (κ2) is 5.94. The van der Waals surface area contributed by atoms with Gasteiger partial charge >= 0.3 is 0 Å². The van der Waals surface area contributed by atoms with Crippen LogP contribution in [0, 0.1) is 0 Å². The van der Waals surface area contributed by atoms with E-state index in [1.165, 1.54) is 11.6 Å². The smallest absolute Gasteiger partial charge is 0.185 e. The number of piperazine rings is 1. The van der Waals surface area contributed by atoms with Gasteiger partial charge in [-0.25, -0.2) is 0 Å². The van der Waals surface area contributed by atoms with Crippen LogP contribution in [0.1, 0.15) is 15.9 Å². The molecule has 0 spiro atoms. The first-order valence-corrected chi connectivity index (χ1v) is 6.35. The molecule has 0 saturated carbocycles. The summed E-state index contributed by atoms with van der Waals surface area (Å²) in [6.45, 7) is 8.96. The lowest BCUT2D eigenvalue weighted by Gasteiger charge is -2.32. The molecule has 3 heteroatoms. The van der Waals surface area contributed by atoms with Crippen LogP contribution >= 0.6 is 0 Å². The van der Waals surface area contributed by atoms with Gasteiger partial charge in [0.15, 0.2) is 5.78 Å². The van der Waals surface area contributed by atoms with Crippen LogP contribution in [0.5, 0.6) is 0 Å². The SMILES string of the molecule is C=CC(=O)c1ccc(CN2CCN(C)CC2)cc1. The van der Waals surface area contributed by atoms with Gasteiger partial charge in [-0.2, -0.15) is 0 Å². The molecule has 1 heterocycles. The summed E-state index contributed by atoms with van der Waals surface area (Å²) in [7, 11) is 2.16. The lowest BCUT2D eigenvalue weighted by atomic mass is 10.1. The Morgan fingerprint density at radius 2 is 1.83 bits per heavy atom. The molecule has 0 amide bonds. The first-order valence-electron chi connectivity index (χ1n) is 6.35. The van der Waals surface area contributed by atoms with Crippen molar-refractivity contribution in [2.24, 2.45) is 0 Å². The largest absolute Gasteiger partial charge is 0.304 e. The minimum absolute atomic E-state index is 0.0128. The number of nitrogens with zero attached hydrogens (tertiary/aromatic N) is 2. The number of ketones is 1. The van der Waals surface area contributed by atoms with E-state index >= 15 is 0 Å². The molecular weight excluding hydrogens is 224 g/mol. The van der Waals surface area contributed by atoms with E-state index in [2.05, 4.69) is 23.4 Å². The van der Waals surface area contributed by atoms with Crippen molar-refractivity contribution < 1.29 is 4.79 Å². The normalized spacial score (nSPS) is 17.6. The number of likely N-dealkylation sites (N-methyl/N-ethyl adjacent to an activating group) is 1. The molecule has 1 aliphatic heterocycles. The molecule has 2 rings (SSSR count). The Hall–Kier alpha value is -1.45. The van der Waals surface area contributed by atoms with E-state index in [0.717, 1.165) is 32.7 Å². The molecule has 1 aromatic carbocycles. The third kappa shape index (κ3) is 3.28. The molecule has 0 aliphatic carbocycles. The van der Waals surface area contributed by atoms with Crippen LogP contribution in [0.3, 0.4) is 0 Å². The van der Waals surface area contributed by atoms with Gasteiger partial charge in [-0.1, -0.05) is 30.8 Å². The predicted molar refractivity (Wildman–Crippen MR) is 73.7 cm³/mol. The number of allylic oxidation sites excluding steroid dienone is 1. The van der Waals surface area contributed by atoms with Gasteiger partial charge in [0.2, 0.25) is 0 Å². The van der Waals surface area contributed by atoms with Crippen LogP contribution in [-0.4, -0.2) is 48.8 Å². The maximum atomic E-state index is 11.4. The minimum atomic E-state index is -0.0128. The summed E-state index contributed by atoms with van der Waals surface area (Å²) in [5.41, 5.74) is 1.98. The molecule has 0 aromatic heterocycles. The highest BCUT2D eigenvalue weighted by Gasteiger charge is 2.13. The van der Waals surface area contributed by atoms with E-state index in [-0.39, 0.29) is 5.78 Å². The molecule has 1 fully saturated rings. The fourth-order valence-electron chi connectivity index (χ4n) is 2.16. The quantitative estimate of drug-likeness (QED) is 0.596. The van der Waals surface area contributed by atoms with Crippen LogP contribution in [0.2, 0.25) is 0 Å². The van der Waals surface area contributed by atoms with Gasteiger partial charge in [0.25, 0.3) is 0 Å². The standard InChI is InChI=1S/C15H20N2O/c1-3-15(18)14-6-4-13(5-7-14)12-17-10-8-16(2)9-11-17/h3-7H,1,8-12H2,2H3. The first-order chi connectivity index (χ1) is 8.69. The summed E-state index contributed by atoms with van der Waals surface area (Å²) in [5.74, 6) is -0.0128. The number of rotatable bonds is 4. The summed E-state index contributed by atoms with van der Waals surface area (Å²) in [6.07, 6.45) is 1.36. The molecule has 18 heavy (non-hydrogen) atoms. The van der Waals surface area contributed by atoms with Crippen LogP contribution in [-0.2, 0) is 6.54 Å². The Bertz CT molecular complexity index is 417. The minimum Gasteiger partial charge on any atom is -0.304 e. The van der Waals surface area contributed by atoms with Crippen molar-refractivity contribution in [3.8, 4) is 0 Å². The Morgan fingerprint density at radius 3 is 2.39 bits per heavy atom. The van der Waals surface area contributed by atoms with E-state index in [0.29, 0.717) is 5.56 Å². The van der Waals surface area contributed by atoms with Crippen molar-refractivity contribution in [3.63, 3.8) is 0 Å². The maximum Gasteiger partial charge on any atom is 0.185 e. The molecule has 0 N–H and O–H groups in total. The number of hydrogen-bond acceptors (Lipinski definition) is 3. The van der Waals surface area contributed by atoms with Crippen LogP contribution < -0.4 is 0 Å². The van der Waals surface area contributed by atoms with Gasteiger partial charge in [0.05, 0.1) is 0 Å². The molecule has 1 aliphatic rings. The van der Waals surface area contributed by atoms with E-state index in [1.807, 2.05) is 24.3 Å². The highest BCUT2D eigenvalue weighted by atomic mass is 16.1. The number of hydrogen-bond donors (Lipinski definition) is 0. The Morgan fingerprint density at radius 1 is 1.22 bits per heavy atom. The molecule has 0 radical (unpaired) electrons. The third-order valence-electron chi connectivity index (χ3n) is 3.43. The second-order valence-corrected chi connectivity index (χ2v) is 4.84. The Labute approximate surface area is 109 Å². The van der Waals surface area contributed by atoms with Crippen LogP contribution in [0.15, 0.2) is 36.9 Å². The molecule has 96 valence electrons. The van der Waals surface area contributed by atoms with Gasteiger partial charge in [0, 0.05) is 38.3 Å². The van der Waals surface area contributed by atoms with Crippen molar-refractivity contribution in [1.82, 2.24) is 9.80 Å². The van der Waals surface area contributed by atoms with Gasteiger partial charge in [-0.3, -0.25) is 9.69 Å². The summed E-state index contributed by atoms with van der Waals surface area (Å²) < 4.78 is 0. The van der Waals surface area contributed by atoms with Gasteiger partial charge in [-0.05, 0) is 18.7 Å². The van der Waals surface area contributed by atoms with Gasteiger partial charge < -0.3 is 4.90 Å². The summed E-state index contributed by atoms with van der Waals surface area (Å²) in [6, 6.07) is 7.84. The molecular formula is C15H20N2O. The second-order valence-electron chi connectivity index (χ2n) is 4.84. The fraction of sp³-hybridized carbons (Fsp3) is 0.400. The molecule has 0 atom stereocenters. The zero-order chi connectivity index (χ0) is 13.0. The monoisotopic (exact) mass is 244 g/mol. The fourth-order valence-corrected chi connectivity index (χ4v) is 2.16. The van der Waals surface area contributed by atoms with Crippen molar-refractivity contribution in [3.05, 3.63) is 48.0 Å². The van der Waals surface area contributed by atoms with Gasteiger partial charge in [0.1, 0.15) is 0 Å². The van der Waals surface area contributed by atoms with E-state index in [4.69, 9.17) is 0 Å². The zero-order valence-electron chi connectivity index (χ0n) is 10.9. The van der Waals surface area contributed by atoms with Crippen LogP contribution in [0.4, 0.5) is 0 Å². The summed E-state index contributed by atoms with van der Waals surface area (Å²) >= 11 is 0. The third-order valence-corrected chi connectivity index (χ3v) is 3.43. The summed E-state index contributed by atoms with van der Waals surface area (Å²) in [5, 5.41) is 0. The molecule has 1 saturated heterocycles. The lowest BCUT2D eigenvalue weighted by molar-refractivity contribution is 0.104. The maximum absolute atomic E-state index is 11.4. The number of carbonyl (C=O) groups is 1. The van der Waals surface area contributed by atoms with Crippen molar-refractivity contribution in [2.45, 2.75) is 6.54 Å². The van der Waals surface area contributed by atoms with Crippen molar-refractivity contribution >= 4 is 5.78 Å². The van der Waals surface area contributed by atoms with Crippen molar-refractivity contribution in [2.75, 3.05) is 33.2 Å². The highest BCUT2D eigenvalue weighted by molar-refractivity contribution is 6.04. The Kier molecular flexibility index (Phi) is 4.28. The average molecular weight is 244 g/mol. The van der Waals surface area contributed by atoms with E-state index in [1.54, 1.807) is 0 Å². The number of carbonyl (C=O) groups excluding carboxylic acids is 1. The average Bonchev–Trinajstić information content (AvgIpc) is 2.41. The van der Waals surface area contributed by atoms with Gasteiger partial charge in [-0.15, -0.1) is 0 Å². The molecule has 1 aromatic rings. The van der Waals surface area contributed by atoms with E-state index < -0.39 is 0 Å². The predicted octanol–water partition coefficient (Wildman–Crippen LogP) is 1.80. The lowest BCUT2D eigenvalue weighted by Crippen LogP contribution is -2.43. The van der Waals surface area contributed by atoms with E-state index in [9.17, 15) is 4.79 Å². The topological polar surface area (TPSA) is 23.6 Å². The Balaban J connectivity index is 1.94. The zero-order valence-corrected chi connectivity index (χ0v) is 10.9. The first kappa shape index (κ1) is 13.0. The number of benzene rings is 1. The molecule has 0 bridgehead atoms. The van der Waals surface area contributed by atoms with Crippen molar-refractivity contribution in [1.29, 1.82) is 0 Å². The molecule has 3 nitrogen and oxygen atoms in total.